The van der Waals surface area contributed by atoms with Crippen LogP contribution in [-0.4, -0.2) is 14.2 Å². The smallest absolute Gasteiger partial charge is 0.211 e. The van der Waals surface area contributed by atoms with Gasteiger partial charge in [0, 0.05) is 20.7 Å². The fourth-order valence-electron chi connectivity index (χ4n) is 3.59. The second kappa shape index (κ2) is 9.54. The first-order valence-corrected chi connectivity index (χ1v) is 13.6. The van der Waals surface area contributed by atoms with Crippen molar-refractivity contribution >= 4 is 70.9 Å². The monoisotopic (exact) mass is 574 g/mol. The number of ketones is 1. The van der Waals surface area contributed by atoms with E-state index in [9.17, 15) is 13.2 Å². The van der Waals surface area contributed by atoms with Crippen molar-refractivity contribution < 1.29 is 13.2 Å². The molecule has 4 rings (SSSR count). The first kappa shape index (κ1) is 24.5. The van der Waals surface area contributed by atoms with Gasteiger partial charge in [-0.15, -0.1) is 11.3 Å². The number of carbonyl (C=O) groups is 1. The number of halogens is 2. The Morgan fingerprint density at radius 3 is 2.15 bits per heavy atom. The van der Waals surface area contributed by atoms with E-state index in [0.29, 0.717) is 16.3 Å². The highest BCUT2D eigenvalue weighted by Gasteiger charge is 2.31. The van der Waals surface area contributed by atoms with E-state index in [1.165, 1.54) is 12.1 Å². The number of benzene rings is 3. The molecule has 9 heteroatoms. The Morgan fingerprint density at radius 1 is 0.971 bits per heavy atom. The predicted molar refractivity (Wildman–Crippen MR) is 142 cm³/mol. The van der Waals surface area contributed by atoms with Gasteiger partial charge >= 0.3 is 0 Å². The maximum absolute atomic E-state index is 13.7. The molecule has 5 nitrogen and oxygen atoms in total. The summed E-state index contributed by atoms with van der Waals surface area (Å²) >= 11 is 10.3. The molecule has 0 atom stereocenters. The quantitative estimate of drug-likeness (QED) is 0.238. The van der Waals surface area contributed by atoms with Crippen molar-refractivity contribution in [3.63, 3.8) is 0 Å². The van der Waals surface area contributed by atoms with Gasteiger partial charge in [0.25, 0.3) is 0 Å². The van der Waals surface area contributed by atoms with E-state index in [2.05, 4.69) is 21.2 Å². The molecule has 34 heavy (non-hydrogen) atoms. The summed E-state index contributed by atoms with van der Waals surface area (Å²) < 4.78 is 28.1. The Kier molecular flexibility index (Phi) is 6.87. The summed E-state index contributed by atoms with van der Waals surface area (Å²) in [7, 11) is -4.03. The standard InChI is InChI=1S/C25H20BrClN2O3S2/c1-14-11-15(2)13-19(12-14)29-25-24(34(31,32)20-9-5-17(26)6-10-20)21(28)23(33-25)22(30)16-3-7-18(27)8-4-16/h3-13,29H,28H2,1-2H3. The highest BCUT2D eigenvalue weighted by molar-refractivity contribution is 9.10. The second-order valence-corrected chi connectivity index (χ2v) is 12.1. The Balaban J connectivity index is 1.89. The largest absolute Gasteiger partial charge is 0.396 e. The lowest BCUT2D eigenvalue weighted by Crippen LogP contribution is -2.08. The average molecular weight is 576 g/mol. The van der Waals surface area contributed by atoms with Crippen LogP contribution in [0.3, 0.4) is 0 Å². The molecule has 1 heterocycles. The molecular formula is C25H20BrClN2O3S2. The number of hydrogen-bond donors (Lipinski definition) is 2. The van der Waals surface area contributed by atoms with Gasteiger partial charge in [-0.25, -0.2) is 8.42 Å². The molecule has 0 amide bonds. The van der Waals surface area contributed by atoms with Gasteiger partial charge in [0.05, 0.1) is 10.6 Å². The number of carbonyl (C=O) groups excluding carboxylic acids is 1. The molecule has 3 aromatic carbocycles. The fraction of sp³-hybridized carbons (Fsp3) is 0.0800. The van der Waals surface area contributed by atoms with E-state index in [1.807, 2.05) is 32.0 Å². The maximum Gasteiger partial charge on any atom is 0.211 e. The fourth-order valence-corrected chi connectivity index (χ4v) is 6.91. The lowest BCUT2D eigenvalue weighted by molar-refractivity contribution is 0.104. The van der Waals surface area contributed by atoms with Gasteiger partial charge in [0.1, 0.15) is 14.8 Å². The number of aryl methyl sites for hydroxylation is 2. The van der Waals surface area contributed by atoms with Crippen LogP contribution in [0.15, 0.2) is 81.0 Å². The van der Waals surface area contributed by atoms with Crippen LogP contribution in [-0.2, 0) is 9.84 Å². The van der Waals surface area contributed by atoms with Crippen LogP contribution >= 0.6 is 38.9 Å². The minimum absolute atomic E-state index is 0.0779. The summed E-state index contributed by atoms with van der Waals surface area (Å²) in [6.07, 6.45) is 0. The molecule has 3 N–H and O–H groups in total. The number of nitrogens with two attached hydrogens (primary N) is 1. The van der Waals surface area contributed by atoms with Gasteiger partial charge in [-0.2, -0.15) is 0 Å². The first-order chi connectivity index (χ1) is 16.1. The molecule has 4 aromatic rings. The van der Waals surface area contributed by atoms with Crippen LogP contribution in [0.25, 0.3) is 0 Å². The average Bonchev–Trinajstić information content (AvgIpc) is 3.09. The summed E-state index contributed by atoms with van der Waals surface area (Å²) in [6, 6.07) is 18.5. The Bertz CT molecular complexity index is 1480. The van der Waals surface area contributed by atoms with Gasteiger partial charge in [0.15, 0.2) is 0 Å². The third-order valence-corrected chi connectivity index (χ3v) is 8.97. The van der Waals surface area contributed by atoms with Gasteiger partial charge in [0.2, 0.25) is 15.6 Å². The van der Waals surface area contributed by atoms with E-state index < -0.39 is 9.84 Å². The highest BCUT2D eigenvalue weighted by Crippen LogP contribution is 2.44. The number of anilines is 3. The van der Waals surface area contributed by atoms with E-state index in [-0.39, 0.29) is 31.1 Å². The van der Waals surface area contributed by atoms with Gasteiger partial charge in [-0.1, -0.05) is 33.6 Å². The molecule has 0 saturated carbocycles. The minimum Gasteiger partial charge on any atom is -0.396 e. The van der Waals surface area contributed by atoms with E-state index in [4.69, 9.17) is 17.3 Å². The van der Waals surface area contributed by atoms with Gasteiger partial charge in [-0.05, 0) is 85.6 Å². The third-order valence-electron chi connectivity index (χ3n) is 5.08. The summed E-state index contributed by atoms with van der Waals surface area (Å²) in [4.78, 5) is 13.4. The van der Waals surface area contributed by atoms with Crippen LogP contribution in [0.1, 0.15) is 26.4 Å². The molecule has 0 bridgehead atoms. The number of sulfone groups is 1. The molecule has 0 spiro atoms. The lowest BCUT2D eigenvalue weighted by atomic mass is 10.1. The minimum atomic E-state index is -4.03. The second-order valence-electron chi connectivity index (χ2n) is 7.80. The predicted octanol–water partition coefficient (Wildman–Crippen LogP) is 7.17. The number of hydrogen-bond acceptors (Lipinski definition) is 6. The van der Waals surface area contributed by atoms with Crippen molar-refractivity contribution in [1.29, 1.82) is 0 Å². The molecule has 0 saturated heterocycles. The van der Waals surface area contributed by atoms with Crippen molar-refractivity contribution in [2.75, 3.05) is 11.1 Å². The normalized spacial score (nSPS) is 11.4. The van der Waals surface area contributed by atoms with Crippen molar-refractivity contribution in [3.05, 3.63) is 97.8 Å². The summed E-state index contributed by atoms with van der Waals surface area (Å²) in [5.41, 5.74) is 9.39. The SMILES string of the molecule is Cc1cc(C)cc(Nc2sc(C(=O)c3ccc(Cl)cc3)c(N)c2S(=O)(=O)c2ccc(Br)cc2)c1. The summed E-state index contributed by atoms with van der Waals surface area (Å²) in [6.45, 7) is 3.91. The number of nitrogen functional groups attached to an aromatic ring is 1. The van der Waals surface area contributed by atoms with E-state index in [1.54, 1.807) is 36.4 Å². The number of nitrogens with one attached hydrogen (secondary N) is 1. The zero-order chi connectivity index (χ0) is 24.6. The lowest BCUT2D eigenvalue weighted by Gasteiger charge is -2.11. The molecular weight excluding hydrogens is 556 g/mol. The first-order valence-electron chi connectivity index (χ1n) is 10.1. The Labute approximate surface area is 215 Å². The Morgan fingerprint density at radius 2 is 1.56 bits per heavy atom. The molecule has 0 radical (unpaired) electrons. The van der Waals surface area contributed by atoms with Gasteiger partial charge < -0.3 is 11.1 Å². The zero-order valence-electron chi connectivity index (χ0n) is 18.2. The summed E-state index contributed by atoms with van der Waals surface area (Å²) in [5, 5.41) is 3.97. The van der Waals surface area contributed by atoms with Crippen LogP contribution in [0, 0.1) is 13.8 Å². The third kappa shape index (κ3) is 4.90. The molecule has 0 aliphatic heterocycles. The number of rotatable bonds is 6. The highest BCUT2D eigenvalue weighted by atomic mass is 79.9. The van der Waals surface area contributed by atoms with Crippen molar-refractivity contribution in [2.45, 2.75) is 23.6 Å². The maximum atomic E-state index is 13.7. The molecule has 0 unspecified atom stereocenters. The van der Waals surface area contributed by atoms with E-state index in [0.717, 1.165) is 26.9 Å². The van der Waals surface area contributed by atoms with E-state index >= 15 is 0 Å². The van der Waals surface area contributed by atoms with Crippen LogP contribution in [0.5, 0.6) is 0 Å². The zero-order valence-corrected chi connectivity index (χ0v) is 22.2. The molecule has 0 aliphatic carbocycles. The topological polar surface area (TPSA) is 89.3 Å². The van der Waals surface area contributed by atoms with Gasteiger partial charge in [-0.3, -0.25) is 4.79 Å². The molecule has 174 valence electrons. The molecule has 0 fully saturated rings. The number of thiophene rings is 1. The van der Waals surface area contributed by atoms with Crippen molar-refractivity contribution in [2.24, 2.45) is 0 Å². The molecule has 1 aromatic heterocycles. The Hall–Kier alpha value is -2.65. The van der Waals surface area contributed by atoms with Crippen molar-refractivity contribution in [3.8, 4) is 0 Å². The van der Waals surface area contributed by atoms with Crippen LogP contribution < -0.4 is 11.1 Å². The summed E-state index contributed by atoms with van der Waals surface area (Å²) in [5.74, 6) is -0.375. The van der Waals surface area contributed by atoms with Crippen LogP contribution in [0.2, 0.25) is 5.02 Å². The molecule has 0 aliphatic rings. The van der Waals surface area contributed by atoms with Crippen molar-refractivity contribution in [1.82, 2.24) is 0 Å². The van der Waals surface area contributed by atoms with Crippen LogP contribution in [0.4, 0.5) is 16.4 Å².